The molecule has 0 aliphatic carbocycles. The van der Waals surface area contributed by atoms with E-state index in [1.807, 2.05) is 4.72 Å². The van der Waals surface area contributed by atoms with Crippen molar-refractivity contribution in [2.24, 2.45) is 0 Å². The summed E-state index contributed by atoms with van der Waals surface area (Å²) >= 11 is 0. The van der Waals surface area contributed by atoms with Gasteiger partial charge < -0.3 is 5.11 Å². The van der Waals surface area contributed by atoms with Crippen molar-refractivity contribution in [2.45, 2.75) is 12.3 Å². The van der Waals surface area contributed by atoms with Gasteiger partial charge in [0.05, 0.1) is 17.9 Å². The Morgan fingerprint density at radius 2 is 1.89 bits per heavy atom. The Morgan fingerprint density at radius 1 is 1.33 bits per heavy atom. The second-order valence-electron chi connectivity index (χ2n) is 3.72. The highest BCUT2D eigenvalue weighted by Crippen LogP contribution is 2.34. The van der Waals surface area contributed by atoms with Gasteiger partial charge in [0.1, 0.15) is 0 Å². The molecule has 0 aliphatic rings. The van der Waals surface area contributed by atoms with Gasteiger partial charge in [-0.25, -0.2) is 13.1 Å². The van der Waals surface area contributed by atoms with E-state index in [1.165, 1.54) is 12.1 Å². The summed E-state index contributed by atoms with van der Waals surface area (Å²) in [7, 11) is -3.57. The summed E-state index contributed by atoms with van der Waals surface area (Å²) in [5.74, 6) is 0. The fourth-order valence-corrected chi connectivity index (χ4v) is 1.85. The van der Waals surface area contributed by atoms with Crippen LogP contribution in [0.2, 0.25) is 0 Å². The second-order valence-corrected chi connectivity index (χ2v) is 5.55. The summed E-state index contributed by atoms with van der Waals surface area (Å²) < 4.78 is 61.5. The van der Waals surface area contributed by atoms with Crippen molar-refractivity contribution >= 4 is 10.0 Å². The van der Waals surface area contributed by atoms with Gasteiger partial charge in [-0.3, -0.25) is 0 Å². The molecule has 0 unspecified atom stereocenters. The monoisotopic (exact) mass is 283 g/mol. The summed E-state index contributed by atoms with van der Waals surface area (Å²) in [6.45, 7) is -0.508. The maximum absolute atomic E-state index is 12.6. The number of aliphatic hydroxyl groups excluding tert-OH is 1. The predicted octanol–water partition coefficient (Wildman–Crippen LogP) is 1.29. The number of benzene rings is 1. The van der Waals surface area contributed by atoms with Crippen molar-refractivity contribution < 1.29 is 26.7 Å². The molecule has 8 heteroatoms. The van der Waals surface area contributed by atoms with Crippen LogP contribution >= 0.6 is 0 Å². The van der Waals surface area contributed by atoms with E-state index in [0.717, 1.165) is 18.4 Å². The first kappa shape index (κ1) is 14.9. The quantitative estimate of drug-likeness (QED) is 0.875. The van der Waals surface area contributed by atoms with Crippen LogP contribution in [-0.4, -0.2) is 26.3 Å². The lowest BCUT2D eigenvalue weighted by molar-refractivity contribution is -0.139. The lowest BCUT2D eigenvalue weighted by Gasteiger charge is -2.17. The number of aliphatic hydroxyl groups is 1. The van der Waals surface area contributed by atoms with Crippen molar-refractivity contribution in [3.8, 4) is 0 Å². The molecular weight excluding hydrogens is 271 g/mol. The lowest BCUT2D eigenvalue weighted by Crippen LogP contribution is -2.28. The Hall–Kier alpha value is -1.12. The number of hydrogen-bond donors (Lipinski definition) is 2. The van der Waals surface area contributed by atoms with Crippen LogP contribution in [0.4, 0.5) is 13.2 Å². The van der Waals surface area contributed by atoms with Crippen molar-refractivity contribution in [2.75, 3.05) is 12.8 Å². The molecule has 2 N–H and O–H groups in total. The average molecular weight is 283 g/mol. The Kier molecular flexibility index (Phi) is 4.36. The number of nitrogens with one attached hydrogen (secondary N) is 1. The van der Waals surface area contributed by atoms with Gasteiger partial charge in [-0.2, -0.15) is 13.2 Å². The van der Waals surface area contributed by atoms with E-state index < -0.39 is 34.4 Å². The van der Waals surface area contributed by atoms with E-state index in [1.54, 1.807) is 0 Å². The maximum atomic E-state index is 12.6. The van der Waals surface area contributed by atoms with Crippen LogP contribution in [-0.2, 0) is 16.2 Å². The van der Waals surface area contributed by atoms with Crippen LogP contribution < -0.4 is 4.72 Å². The number of alkyl halides is 3. The summed E-state index contributed by atoms with van der Waals surface area (Å²) in [5.41, 5.74) is -1.34. The predicted molar refractivity (Wildman–Crippen MR) is 59.3 cm³/mol. The molecule has 0 aromatic heterocycles. The van der Waals surface area contributed by atoms with E-state index in [2.05, 4.69) is 0 Å². The highest BCUT2D eigenvalue weighted by atomic mass is 32.2. The topological polar surface area (TPSA) is 66.4 Å². The summed E-state index contributed by atoms with van der Waals surface area (Å²) in [6, 6.07) is 4.48. The van der Waals surface area contributed by atoms with Crippen LogP contribution in [0.1, 0.15) is 17.2 Å². The van der Waals surface area contributed by atoms with Gasteiger partial charge in [0.15, 0.2) is 0 Å². The molecular formula is C10H12F3NO3S. The number of hydrogen-bond acceptors (Lipinski definition) is 3. The van der Waals surface area contributed by atoms with E-state index in [-0.39, 0.29) is 5.56 Å². The molecule has 0 spiro atoms. The minimum atomic E-state index is -4.59. The molecule has 1 aromatic carbocycles. The minimum Gasteiger partial charge on any atom is -0.387 e. The molecule has 102 valence electrons. The van der Waals surface area contributed by atoms with Gasteiger partial charge in [0, 0.05) is 6.54 Å². The molecule has 1 rings (SSSR count). The van der Waals surface area contributed by atoms with Gasteiger partial charge in [0.2, 0.25) is 10.0 Å². The third-order valence-electron chi connectivity index (χ3n) is 2.16. The van der Waals surface area contributed by atoms with Gasteiger partial charge in [-0.05, 0) is 11.6 Å². The molecule has 0 aliphatic heterocycles. The van der Waals surface area contributed by atoms with E-state index in [4.69, 9.17) is 0 Å². The highest BCUT2D eigenvalue weighted by Gasteiger charge is 2.34. The minimum absolute atomic E-state index is 0.360. The SMILES string of the molecule is CS(=O)(=O)NC[C@H](O)c1ccccc1C(F)(F)F. The smallest absolute Gasteiger partial charge is 0.387 e. The molecule has 0 saturated carbocycles. The summed E-state index contributed by atoms with van der Waals surface area (Å²) in [5, 5.41) is 9.60. The molecule has 0 heterocycles. The van der Waals surface area contributed by atoms with Crippen LogP contribution in [0.3, 0.4) is 0 Å². The molecule has 4 nitrogen and oxygen atoms in total. The summed E-state index contributed by atoms with van der Waals surface area (Å²) in [6.07, 6.45) is -5.30. The number of halogens is 3. The Balaban J connectivity index is 2.96. The number of rotatable bonds is 4. The first-order chi connectivity index (χ1) is 8.11. The third kappa shape index (κ3) is 4.28. The molecule has 0 radical (unpaired) electrons. The Morgan fingerprint density at radius 3 is 2.39 bits per heavy atom. The largest absolute Gasteiger partial charge is 0.416 e. The van der Waals surface area contributed by atoms with Crippen LogP contribution in [0.25, 0.3) is 0 Å². The van der Waals surface area contributed by atoms with Gasteiger partial charge >= 0.3 is 6.18 Å². The standard InChI is InChI=1S/C10H12F3NO3S/c1-18(16,17)14-6-9(15)7-4-2-3-5-8(7)10(11,12)13/h2-5,9,14-15H,6H2,1H3/t9-/m0/s1. The maximum Gasteiger partial charge on any atom is 0.416 e. The van der Waals surface area contributed by atoms with Crippen molar-refractivity contribution in [1.29, 1.82) is 0 Å². The second kappa shape index (κ2) is 5.25. The van der Waals surface area contributed by atoms with Crippen molar-refractivity contribution in [3.05, 3.63) is 35.4 Å². The average Bonchev–Trinajstić information content (AvgIpc) is 2.24. The normalized spacial score (nSPS) is 14.5. The third-order valence-corrected chi connectivity index (χ3v) is 2.86. The molecule has 0 fully saturated rings. The molecule has 0 bridgehead atoms. The van der Waals surface area contributed by atoms with E-state index in [9.17, 15) is 26.7 Å². The zero-order valence-corrected chi connectivity index (χ0v) is 10.2. The van der Waals surface area contributed by atoms with Crippen LogP contribution in [0, 0.1) is 0 Å². The van der Waals surface area contributed by atoms with Crippen molar-refractivity contribution in [3.63, 3.8) is 0 Å². The van der Waals surface area contributed by atoms with Gasteiger partial charge in [-0.15, -0.1) is 0 Å². The zero-order valence-electron chi connectivity index (χ0n) is 9.40. The highest BCUT2D eigenvalue weighted by molar-refractivity contribution is 7.88. The fourth-order valence-electron chi connectivity index (χ4n) is 1.39. The molecule has 1 atom stereocenters. The van der Waals surface area contributed by atoms with Gasteiger partial charge in [0.25, 0.3) is 0 Å². The Bertz CT molecular complexity index is 513. The molecule has 0 saturated heterocycles. The first-order valence-corrected chi connectivity index (χ1v) is 6.79. The van der Waals surface area contributed by atoms with Gasteiger partial charge in [-0.1, -0.05) is 18.2 Å². The molecule has 18 heavy (non-hydrogen) atoms. The first-order valence-electron chi connectivity index (χ1n) is 4.90. The van der Waals surface area contributed by atoms with Crippen LogP contribution in [0.5, 0.6) is 0 Å². The van der Waals surface area contributed by atoms with Crippen LogP contribution in [0.15, 0.2) is 24.3 Å². The summed E-state index contributed by atoms with van der Waals surface area (Å²) in [4.78, 5) is 0. The Labute approximate surface area is 102 Å². The lowest BCUT2D eigenvalue weighted by atomic mass is 10.0. The van der Waals surface area contributed by atoms with E-state index in [0.29, 0.717) is 0 Å². The van der Waals surface area contributed by atoms with E-state index >= 15 is 0 Å². The van der Waals surface area contributed by atoms with Crippen molar-refractivity contribution in [1.82, 2.24) is 4.72 Å². The molecule has 0 amide bonds. The zero-order chi connectivity index (χ0) is 14.0. The molecule has 1 aromatic rings. The fraction of sp³-hybridized carbons (Fsp3) is 0.400. The number of sulfonamides is 1.